The van der Waals surface area contributed by atoms with E-state index in [4.69, 9.17) is 0 Å². The molecule has 3 nitrogen and oxygen atoms in total. The molecule has 16 heavy (non-hydrogen) atoms. The molecular formula is C12H9NO2S. The average molecular weight is 231 g/mol. The lowest BCUT2D eigenvalue weighted by molar-refractivity contribution is 0.598. The van der Waals surface area contributed by atoms with Crippen molar-refractivity contribution in [3.8, 4) is 11.1 Å². The van der Waals surface area contributed by atoms with Crippen LogP contribution < -0.4 is 0 Å². The van der Waals surface area contributed by atoms with Crippen LogP contribution in [-0.2, 0) is 9.84 Å². The number of nitrogens with zero attached hydrogens (tertiary/aromatic N) is 1. The van der Waals surface area contributed by atoms with Gasteiger partial charge in [0.2, 0.25) is 9.84 Å². The van der Waals surface area contributed by atoms with Crippen LogP contribution in [0.5, 0.6) is 0 Å². The molecule has 0 saturated heterocycles. The molecule has 2 heterocycles. The third kappa shape index (κ3) is 1.08. The highest BCUT2D eigenvalue weighted by Crippen LogP contribution is 2.42. The fourth-order valence-electron chi connectivity index (χ4n) is 2.02. The summed E-state index contributed by atoms with van der Waals surface area (Å²) in [5.41, 5.74) is 2.60. The number of aromatic nitrogens is 1. The van der Waals surface area contributed by atoms with Gasteiger partial charge in [-0.15, -0.1) is 0 Å². The molecule has 80 valence electrons. The van der Waals surface area contributed by atoms with Gasteiger partial charge in [-0.25, -0.2) is 8.42 Å². The van der Waals surface area contributed by atoms with Gasteiger partial charge in [0.1, 0.15) is 0 Å². The Morgan fingerprint density at radius 1 is 1.06 bits per heavy atom. The van der Waals surface area contributed by atoms with Crippen LogP contribution in [0.25, 0.3) is 11.1 Å². The quantitative estimate of drug-likeness (QED) is 0.596. The number of fused-ring (bicyclic) bond motifs is 3. The molecule has 0 atom stereocenters. The molecule has 0 fully saturated rings. The zero-order valence-electron chi connectivity index (χ0n) is 8.64. The Labute approximate surface area is 93.7 Å². The van der Waals surface area contributed by atoms with E-state index in [0.29, 0.717) is 9.79 Å². The van der Waals surface area contributed by atoms with Crippen molar-refractivity contribution in [1.29, 1.82) is 0 Å². The Morgan fingerprint density at radius 3 is 2.69 bits per heavy atom. The van der Waals surface area contributed by atoms with E-state index in [0.717, 1.165) is 16.7 Å². The summed E-state index contributed by atoms with van der Waals surface area (Å²) in [7, 11) is -3.34. The first-order chi connectivity index (χ1) is 7.60. The maximum absolute atomic E-state index is 12.1. The van der Waals surface area contributed by atoms with Gasteiger partial charge in [-0.05, 0) is 19.1 Å². The van der Waals surface area contributed by atoms with E-state index in [1.165, 1.54) is 6.20 Å². The highest BCUT2D eigenvalue weighted by Gasteiger charge is 2.32. The van der Waals surface area contributed by atoms with Crippen LogP contribution in [-0.4, -0.2) is 13.4 Å². The monoisotopic (exact) mass is 231 g/mol. The van der Waals surface area contributed by atoms with Crippen molar-refractivity contribution in [2.24, 2.45) is 0 Å². The number of pyridine rings is 1. The predicted molar refractivity (Wildman–Crippen MR) is 59.9 cm³/mol. The van der Waals surface area contributed by atoms with Crippen LogP contribution in [0, 0.1) is 6.92 Å². The normalized spacial score (nSPS) is 15.6. The van der Waals surface area contributed by atoms with Crippen molar-refractivity contribution in [1.82, 2.24) is 4.98 Å². The maximum atomic E-state index is 12.1. The summed E-state index contributed by atoms with van der Waals surface area (Å²) < 4.78 is 24.3. The fraction of sp³-hybridized carbons (Fsp3) is 0.0833. The second-order valence-electron chi connectivity index (χ2n) is 3.87. The molecule has 0 unspecified atom stereocenters. The minimum absolute atomic E-state index is 0.315. The number of benzene rings is 1. The second-order valence-corrected chi connectivity index (χ2v) is 5.76. The summed E-state index contributed by atoms with van der Waals surface area (Å²) in [4.78, 5) is 4.58. The Bertz CT molecular complexity index is 690. The molecule has 3 rings (SSSR count). The first kappa shape index (κ1) is 9.54. The lowest BCUT2D eigenvalue weighted by Crippen LogP contribution is -1.96. The van der Waals surface area contributed by atoms with Crippen molar-refractivity contribution in [2.45, 2.75) is 16.7 Å². The molecule has 0 bridgehead atoms. The van der Waals surface area contributed by atoms with E-state index in [-0.39, 0.29) is 0 Å². The zero-order chi connectivity index (χ0) is 11.3. The molecule has 0 N–H and O–H groups in total. The Kier molecular flexibility index (Phi) is 1.74. The van der Waals surface area contributed by atoms with Crippen molar-refractivity contribution in [2.75, 3.05) is 0 Å². The average Bonchev–Trinajstić information content (AvgIpc) is 2.49. The molecule has 1 aromatic heterocycles. The summed E-state index contributed by atoms with van der Waals surface area (Å²) >= 11 is 0. The summed E-state index contributed by atoms with van der Waals surface area (Å²) in [5.74, 6) is 0. The van der Waals surface area contributed by atoms with Crippen LogP contribution >= 0.6 is 0 Å². The Hall–Kier alpha value is -1.68. The molecular weight excluding hydrogens is 222 g/mol. The lowest BCUT2D eigenvalue weighted by Gasteiger charge is -1.99. The van der Waals surface area contributed by atoms with Gasteiger partial charge in [0, 0.05) is 23.5 Å². The molecule has 1 aliphatic rings. The number of aryl methyl sites for hydroxylation is 1. The second kappa shape index (κ2) is 2.92. The number of hydrogen-bond donors (Lipinski definition) is 0. The van der Waals surface area contributed by atoms with Crippen LogP contribution in [0.3, 0.4) is 0 Å². The summed E-state index contributed by atoms with van der Waals surface area (Å²) in [6.45, 7) is 1.95. The summed E-state index contributed by atoms with van der Waals surface area (Å²) in [5, 5.41) is 0. The van der Waals surface area contributed by atoms with E-state index in [1.54, 1.807) is 18.3 Å². The summed E-state index contributed by atoms with van der Waals surface area (Å²) in [6.07, 6.45) is 3.03. The van der Waals surface area contributed by atoms with Gasteiger partial charge in [0.25, 0.3) is 0 Å². The highest BCUT2D eigenvalue weighted by atomic mass is 32.2. The largest absolute Gasteiger partial charge is 0.263 e. The molecule has 1 aliphatic heterocycles. The summed E-state index contributed by atoms with van der Waals surface area (Å²) in [6, 6.07) is 7.13. The van der Waals surface area contributed by atoms with Crippen LogP contribution in [0.2, 0.25) is 0 Å². The number of sulfone groups is 1. The zero-order valence-corrected chi connectivity index (χ0v) is 9.45. The Morgan fingerprint density at radius 2 is 1.88 bits per heavy atom. The van der Waals surface area contributed by atoms with E-state index in [2.05, 4.69) is 4.98 Å². The van der Waals surface area contributed by atoms with Crippen LogP contribution in [0.4, 0.5) is 0 Å². The number of hydrogen-bond acceptors (Lipinski definition) is 3. The van der Waals surface area contributed by atoms with Crippen LogP contribution in [0.1, 0.15) is 5.56 Å². The van der Waals surface area contributed by atoms with E-state index in [9.17, 15) is 8.42 Å². The molecule has 0 aliphatic carbocycles. The molecule has 0 spiro atoms. The lowest BCUT2D eigenvalue weighted by atomic mass is 10.1. The number of rotatable bonds is 0. The van der Waals surface area contributed by atoms with Crippen molar-refractivity contribution in [3.05, 3.63) is 42.2 Å². The SMILES string of the molecule is Cc1ccc2c(c1)-c1ccncc1S2(=O)=O. The van der Waals surface area contributed by atoms with E-state index >= 15 is 0 Å². The van der Waals surface area contributed by atoms with Crippen molar-refractivity contribution >= 4 is 9.84 Å². The van der Waals surface area contributed by atoms with Gasteiger partial charge in [-0.1, -0.05) is 17.7 Å². The van der Waals surface area contributed by atoms with Gasteiger partial charge >= 0.3 is 0 Å². The first-order valence-electron chi connectivity index (χ1n) is 4.91. The standard InChI is InChI=1S/C12H9NO2S/c1-8-2-3-11-10(6-8)9-4-5-13-7-12(9)16(11,14)15/h2-7H,1H3. The van der Waals surface area contributed by atoms with E-state index < -0.39 is 9.84 Å². The van der Waals surface area contributed by atoms with Gasteiger partial charge in [0.05, 0.1) is 9.79 Å². The van der Waals surface area contributed by atoms with E-state index in [1.807, 2.05) is 19.1 Å². The molecule has 0 amide bonds. The highest BCUT2D eigenvalue weighted by molar-refractivity contribution is 7.92. The van der Waals surface area contributed by atoms with Gasteiger partial charge in [-0.3, -0.25) is 4.98 Å². The van der Waals surface area contributed by atoms with Gasteiger partial charge < -0.3 is 0 Å². The maximum Gasteiger partial charge on any atom is 0.209 e. The minimum atomic E-state index is -3.34. The Balaban J connectivity index is 2.50. The molecule has 4 heteroatoms. The fourth-order valence-corrected chi connectivity index (χ4v) is 3.63. The molecule has 0 saturated carbocycles. The topological polar surface area (TPSA) is 47.0 Å². The van der Waals surface area contributed by atoms with Crippen LogP contribution in [0.15, 0.2) is 46.5 Å². The molecule has 1 aromatic carbocycles. The third-order valence-corrected chi connectivity index (χ3v) is 4.63. The molecule has 2 aromatic rings. The van der Waals surface area contributed by atoms with Gasteiger partial charge in [0.15, 0.2) is 0 Å². The van der Waals surface area contributed by atoms with Crippen molar-refractivity contribution in [3.63, 3.8) is 0 Å². The van der Waals surface area contributed by atoms with Crippen molar-refractivity contribution < 1.29 is 8.42 Å². The van der Waals surface area contributed by atoms with Gasteiger partial charge in [-0.2, -0.15) is 0 Å². The third-order valence-electron chi connectivity index (χ3n) is 2.79. The smallest absolute Gasteiger partial charge is 0.209 e. The minimum Gasteiger partial charge on any atom is -0.263 e. The first-order valence-corrected chi connectivity index (χ1v) is 6.39. The molecule has 0 radical (unpaired) electrons. The predicted octanol–water partition coefficient (Wildman–Crippen LogP) is 2.20.